The number of carbonyl (C=O) groups is 1. The number of amides is 1. The molecule has 1 amide bonds. The van der Waals surface area contributed by atoms with Crippen LogP contribution >= 0.6 is 0 Å². The van der Waals surface area contributed by atoms with Crippen molar-refractivity contribution < 1.29 is 4.79 Å². The monoisotopic (exact) mass is 222 g/mol. The third-order valence-corrected chi connectivity index (χ3v) is 2.97. The van der Waals surface area contributed by atoms with Crippen molar-refractivity contribution in [3.63, 3.8) is 0 Å². The molecule has 5 nitrogen and oxygen atoms in total. The van der Waals surface area contributed by atoms with E-state index < -0.39 is 0 Å². The number of aryl methyl sites for hydroxylation is 1. The van der Waals surface area contributed by atoms with Crippen molar-refractivity contribution in [2.24, 2.45) is 12.8 Å². The summed E-state index contributed by atoms with van der Waals surface area (Å²) in [6, 6.07) is 0. The maximum Gasteiger partial charge on any atom is 0.274 e. The summed E-state index contributed by atoms with van der Waals surface area (Å²) in [5.41, 5.74) is 6.44. The average Bonchev–Trinajstić information content (AvgIpc) is 2.60. The maximum atomic E-state index is 11.9. The molecule has 1 fully saturated rings. The van der Waals surface area contributed by atoms with Crippen LogP contribution in [0.2, 0.25) is 0 Å². The van der Waals surface area contributed by atoms with E-state index in [4.69, 9.17) is 5.73 Å². The second-order valence-corrected chi connectivity index (χ2v) is 4.70. The summed E-state index contributed by atoms with van der Waals surface area (Å²) in [7, 11) is 1.85. The summed E-state index contributed by atoms with van der Waals surface area (Å²) in [4.78, 5) is 17.7. The number of nitrogens with zero attached hydrogens (tertiary/aromatic N) is 3. The van der Waals surface area contributed by atoms with Crippen molar-refractivity contribution in [1.82, 2.24) is 14.5 Å². The molecule has 0 aromatic carbocycles. The van der Waals surface area contributed by atoms with E-state index in [1.165, 1.54) is 0 Å². The smallest absolute Gasteiger partial charge is 0.274 e. The molecular formula is C11H18N4O. The van der Waals surface area contributed by atoms with Crippen molar-refractivity contribution in [3.8, 4) is 0 Å². The van der Waals surface area contributed by atoms with Crippen LogP contribution in [0.15, 0.2) is 12.5 Å². The Balaban J connectivity index is 1.95. The van der Waals surface area contributed by atoms with Gasteiger partial charge in [0.05, 0.1) is 11.9 Å². The molecule has 88 valence electrons. The van der Waals surface area contributed by atoms with Crippen LogP contribution in [0.3, 0.4) is 0 Å². The molecule has 0 unspecified atom stereocenters. The molecule has 1 aromatic rings. The molecule has 0 radical (unpaired) electrons. The summed E-state index contributed by atoms with van der Waals surface area (Å²) in [5, 5.41) is 0. The van der Waals surface area contributed by atoms with Crippen LogP contribution in [-0.2, 0) is 7.05 Å². The van der Waals surface area contributed by atoms with E-state index in [0.717, 1.165) is 12.8 Å². The minimum absolute atomic E-state index is 0.0159. The van der Waals surface area contributed by atoms with E-state index in [1.807, 2.05) is 7.05 Å². The first-order chi connectivity index (χ1) is 7.54. The number of likely N-dealkylation sites (tertiary alicyclic amines) is 1. The number of aromatic nitrogens is 2. The average molecular weight is 222 g/mol. The van der Waals surface area contributed by atoms with Gasteiger partial charge in [-0.3, -0.25) is 4.79 Å². The second kappa shape index (κ2) is 3.90. The lowest BCUT2D eigenvalue weighted by atomic mass is 9.86. The van der Waals surface area contributed by atoms with Crippen LogP contribution < -0.4 is 5.73 Å². The third kappa shape index (κ3) is 1.95. The summed E-state index contributed by atoms with van der Waals surface area (Å²) in [5.74, 6) is -0.0159. The fourth-order valence-electron chi connectivity index (χ4n) is 2.20. The molecule has 0 atom stereocenters. The van der Waals surface area contributed by atoms with E-state index >= 15 is 0 Å². The van der Waals surface area contributed by atoms with Crippen molar-refractivity contribution in [3.05, 3.63) is 18.2 Å². The quantitative estimate of drug-likeness (QED) is 0.803. The zero-order valence-electron chi connectivity index (χ0n) is 9.81. The summed E-state index contributed by atoms with van der Waals surface area (Å²) >= 11 is 0. The lowest BCUT2D eigenvalue weighted by Gasteiger charge is -2.47. The van der Waals surface area contributed by atoms with Gasteiger partial charge in [0.15, 0.2) is 0 Å². The number of hydrogen-bond donors (Lipinski definition) is 1. The van der Waals surface area contributed by atoms with Gasteiger partial charge in [0.25, 0.3) is 5.91 Å². The fraction of sp³-hybridized carbons (Fsp3) is 0.636. The summed E-state index contributed by atoms with van der Waals surface area (Å²) in [6.45, 7) is 3.41. The van der Waals surface area contributed by atoms with Gasteiger partial charge in [-0.05, 0) is 6.42 Å². The molecule has 0 bridgehead atoms. The number of hydrogen-bond acceptors (Lipinski definition) is 3. The minimum atomic E-state index is -0.167. The number of nitrogens with two attached hydrogens (primary N) is 1. The second-order valence-electron chi connectivity index (χ2n) is 4.70. The Morgan fingerprint density at radius 3 is 2.81 bits per heavy atom. The Morgan fingerprint density at radius 2 is 2.31 bits per heavy atom. The van der Waals surface area contributed by atoms with E-state index in [-0.39, 0.29) is 11.4 Å². The highest BCUT2D eigenvalue weighted by atomic mass is 16.2. The Kier molecular flexibility index (Phi) is 2.71. The standard InChI is InChI=1S/C11H18N4O/c1-3-4-11(12)6-15(7-11)10(16)9-5-14(2)8-13-9/h5,8H,3-4,6-7,12H2,1-2H3. The lowest BCUT2D eigenvalue weighted by molar-refractivity contribution is 0.0381. The van der Waals surface area contributed by atoms with E-state index in [9.17, 15) is 4.79 Å². The highest BCUT2D eigenvalue weighted by molar-refractivity contribution is 5.92. The zero-order valence-corrected chi connectivity index (χ0v) is 9.81. The van der Waals surface area contributed by atoms with Gasteiger partial charge in [-0.15, -0.1) is 0 Å². The Morgan fingerprint density at radius 1 is 1.62 bits per heavy atom. The van der Waals surface area contributed by atoms with Crippen LogP contribution in [-0.4, -0.2) is 39.0 Å². The zero-order chi connectivity index (χ0) is 11.8. The van der Waals surface area contributed by atoms with E-state index in [0.29, 0.717) is 18.8 Å². The third-order valence-electron chi connectivity index (χ3n) is 2.97. The van der Waals surface area contributed by atoms with Gasteiger partial charge in [-0.2, -0.15) is 0 Å². The first kappa shape index (κ1) is 11.1. The highest BCUT2D eigenvalue weighted by Gasteiger charge is 2.41. The van der Waals surface area contributed by atoms with Crippen molar-refractivity contribution in [2.45, 2.75) is 25.3 Å². The number of imidazole rings is 1. The summed E-state index contributed by atoms with van der Waals surface area (Å²) in [6.07, 6.45) is 5.40. The van der Waals surface area contributed by atoms with E-state index in [2.05, 4.69) is 11.9 Å². The molecule has 1 aromatic heterocycles. The molecule has 2 N–H and O–H groups in total. The predicted octanol–water partition coefficient (Wildman–Crippen LogP) is 0.373. The number of carbonyl (C=O) groups excluding carboxylic acids is 1. The molecule has 1 aliphatic rings. The Labute approximate surface area is 95.2 Å². The molecule has 5 heteroatoms. The molecule has 0 saturated carbocycles. The molecule has 0 spiro atoms. The predicted molar refractivity (Wildman–Crippen MR) is 60.9 cm³/mol. The first-order valence-corrected chi connectivity index (χ1v) is 5.60. The molecule has 1 saturated heterocycles. The Bertz CT molecular complexity index is 392. The lowest BCUT2D eigenvalue weighted by Crippen LogP contribution is -2.68. The maximum absolute atomic E-state index is 11.9. The van der Waals surface area contributed by atoms with Gasteiger partial charge in [-0.25, -0.2) is 4.98 Å². The fourth-order valence-corrected chi connectivity index (χ4v) is 2.20. The van der Waals surface area contributed by atoms with Crippen molar-refractivity contribution >= 4 is 5.91 Å². The topological polar surface area (TPSA) is 64.2 Å². The Hall–Kier alpha value is -1.36. The van der Waals surface area contributed by atoms with Crippen molar-refractivity contribution in [1.29, 1.82) is 0 Å². The molecular weight excluding hydrogens is 204 g/mol. The van der Waals surface area contributed by atoms with E-state index in [1.54, 1.807) is 22.0 Å². The molecule has 16 heavy (non-hydrogen) atoms. The summed E-state index contributed by atoms with van der Waals surface area (Å²) < 4.78 is 1.77. The van der Waals surface area contributed by atoms with Crippen LogP contribution in [0, 0.1) is 0 Å². The first-order valence-electron chi connectivity index (χ1n) is 5.60. The highest BCUT2D eigenvalue weighted by Crippen LogP contribution is 2.24. The molecule has 0 aliphatic carbocycles. The van der Waals surface area contributed by atoms with Crippen LogP contribution in [0.4, 0.5) is 0 Å². The van der Waals surface area contributed by atoms with Gasteiger partial charge in [-0.1, -0.05) is 13.3 Å². The van der Waals surface area contributed by atoms with Gasteiger partial charge >= 0.3 is 0 Å². The van der Waals surface area contributed by atoms with Gasteiger partial charge in [0, 0.05) is 26.3 Å². The SMILES string of the molecule is CCCC1(N)CN(C(=O)c2cn(C)cn2)C1. The van der Waals surface area contributed by atoms with Gasteiger partial charge in [0.2, 0.25) is 0 Å². The minimum Gasteiger partial charge on any atom is -0.340 e. The largest absolute Gasteiger partial charge is 0.340 e. The van der Waals surface area contributed by atoms with Gasteiger partial charge < -0.3 is 15.2 Å². The number of rotatable bonds is 3. The van der Waals surface area contributed by atoms with Crippen molar-refractivity contribution in [2.75, 3.05) is 13.1 Å². The van der Waals surface area contributed by atoms with Crippen LogP contribution in [0.25, 0.3) is 0 Å². The van der Waals surface area contributed by atoms with Gasteiger partial charge in [0.1, 0.15) is 5.69 Å². The van der Waals surface area contributed by atoms with Crippen LogP contribution in [0.1, 0.15) is 30.3 Å². The molecule has 2 heterocycles. The molecule has 1 aliphatic heterocycles. The normalized spacial score (nSPS) is 18.3. The molecule has 2 rings (SSSR count). The van der Waals surface area contributed by atoms with Crippen LogP contribution in [0.5, 0.6) is 0 Å².